The molecule has 2 atom stereocenters. The predicted octanol–water partition coefficient (Wildman–Crippen LogP) is 3.09. The lowest BCUT2D eigenvalue weighted by Gasteiger charge is -2.30. The highest BCUT2D eigenvalue weighted by atomic mass is 35.5. The second-order valence-corrected chi connectivity index (χ2v) is 7.23. The van der Waals surface area contributed by atoms with Crippen LogP contribution in [0.15, 0.2) is 18.2 Å². The van der Waals surface area contributed by atoms with Gasteiger partial charge in [-0.2, -0.15) is 0 Å². The molecule has 0 spiro atoms. The van der Waals surface area contributed by atoms with Gasteiger partial charge < -0.3 is 15.5 Å². The van der Waals surface area contributed by atoms with Gasteiger partial charge in [0.05, 0.1) is 6.54 Å². The Morgan fingerprint density at radius 1 is 1.19 bits per heavy atom. The van der Waals surface area contributed by atoms with E-state index in [0.717, 1.165) is 25.0 Å². The molecule has 2 bridgehead atoms. The Bertz CT molecular complexity index is 657. The van der Waals surface area contributed by atoms with Crippen LogP contribution in [0.25, 0.3) is 0 Å². The minimum absolute atomic E-state index is 0. The van der Waals surface area contributed by atoms with Gasteiger partial charge >= 0.3 is 0 Å². The number of hydrogen-bond acceptors (Lipinski definition) is 3. The van der Waals surface area contributed by atoms with Crippen LogP contribution in [0.3, 0.4) is 0 Å². The lowest BCUT2D eigenvalue weighted by molar-refractivity contribution is -0.135. The van der Waals surface area contributed by atoms with Gasteiger partial charge in [-0.1, -0.05) is 6.07 Å². The molecule has 0 radical (unpaired) electrons. The summed E-state index contributed by atoms with van der Waals surface area (Å²) in [6.07, 6.45) is 4.75. The molecule has 0 aliphatic carbocycles. The number of fused-ring (bicyclic) bond motifs is 2. The van der Waals surface area contributed by atoms with Gasteiger partial charge in [0.2, 0.25) is 11.8 Å². The molecular formula is C19H26ClF2N3O2. The Balaban J connectivity index is 0.00000261. The van der Waals surface area contributed by atoms with E-state index in [1.54, 1.807) is 6.92 Å². The van der Waals surface area contributed by atoms with E-state index in [2.05, 4.69) is 10.6 Å². The number of piperidine rings is 1. The monoisotopic (exact) mass is 401 g/mol. The van der Waals surface area contributed by atoms with Crippen LogP contribution in [0.1, 0.15) is 39.0 Å². The predicted molar refractivity (Wildman–Crippen MR) is 102 cm³/mol. The van der Waals surface area contributed by atoms with E-state index in [4.69, 9.17) is 0 Å². The van der Waals surface area contributed by atoms with Crippen LogP contribution in [-0.2, 0) is 9.59 Å². The summed E-state index contributed by atoms with van der Waals surface area (Å²) >= 11 is 0. The molecule has 8 heteroatoms. The fourth-order valence-electron chi connectivity index (χ4n) is 4.06. The van der Waals surface area contributed by atoms with Crippen molar-refractivity contribution in [2.75, 3.05) is 18.4 Å². The zero-order valence-corrected chi connectivity index (χ0v) is 16.2. The molecule has 0 saturated carbocycles. The maximum Gasteiger partial charge on any atom is 0.244 e. The number of nitrogens with one attached hydrogen (secondary N) is 2. The molecule has 2 N–H and O–H groups in total. The average molecular weight is 402 g/mol. The van der Waals surface area contributed by atoms with Gasteiger partial charge in [-0.15, -0.1) is 12.4 Å². The Labute approximate surface area is 164 Å². The molecule has 5 nitrogen and oxygen atoms in total. The summed E-state index contributed by atoms with van der Waals surface area (Å²) in [7, 11) is 0. The molecule has 27 heavy (non-hydrogen) atoms. The van der Waals surface area contributed by atoms with E-state index >= 15 is 0 Å². The van der Waals surface area contributed by atoms with Crippen LogP contribution in [-0.4, -0.2) is 41.9 Å². The third-order valence-corrected chi connectivity index (χ3v) is 5.33. The van der Waals surface area contributed by atoms with Crippen molar-refractivity contribution in [3.63, 3.8) is 0 Å². The lowest BCUT2D eigenvalue weighted by Crippen LogP contribution is -2.42. The van der Waals surface area contributed by atoms with Crippen molar-refractivity contribution < 1.29 is 18.4 Å². The molecule has 2 amide bonds. The Morgan fingerprint density at radius 2 is 1.78 bits per heavy atom. The number of halogens is 3. The van der Waals surface area contributed by atoms with Crippen molar-refractivity contribution in [1.29, 1.82) is 0 Å². The minimum atomic E-state index is -0.835. The maximum absolute atomic E-state index is 13.6. The normalized spacial score (nSPS) is 23.4. The third kappa shape index (κ3) is 5.39. The second-order valence-electron chi connectivity index (χ2n) is 7.23. The number of carbonyl (C=O) groups excluding carboxylic acids is 2. The average Bonchev–Trinajstić information content (AvgIpc) is 2.94. The number of likely N-dealkylation sites (N-methyl/N-ethyl adjacent to an activating group) is 1. The van der Waals surface area contributed by atoms with Crippen LogP contribution in [0.2, 0.25) is 0 Å². The lowest BCUT2D eigenvalue weighted by atomic mass is 9.89. The van der Waals surface area contributed by atoms with E-state index in [0.29, 0.717) is 31.0 Å². The van der Waals surface area contributed by atoms with E-state index in [1.165, 1.54) is 23.8 Å². The molecule has 2 aliphatic rings. The van der Waals surface area contributed by atoms with E-state index in [1.807, 2.05) is 0 Å². The van der Waals surface area contributed by atoms with Gasteiger partial charge in [0.1, 0.15) is 17.3 Å². The van der Waals surface area contributed by atoms with Crippen molar-refractivity contribution in [3.05, 3.63) is 29.8 Å². The summed E-state index contributed by atoms with van der Waals surface area (Å²) in [5.41, 5.74) is -0.476. The van der Waals surface area contributed by atoms with Gasteiger partial charge in [0.25, 0.3) is 0 Å². The number of benzene rings is 1. The largest absolute Gasteiger partial charge is 0.334 e. The van der Waals surface area contributed by atoms with Crippen LogP contribution in [0, 0.1) is 17.6 Å². The zero-order valence-electron chi connectivity index (χ0n) is 15.3. The van der Waals surface area contributed by atoms with E-state index < -0.39 is 23.2 Å². The summed E-state index contributed by atoms with van der Waals surface area (Å²) in [5.74, 6) is -2.02. The summed E-state index contributed by atoms with van der Waals surface area (Å²) in [6.45, 7) is 1.96. The number of rotatable bonds is 6. The molecule has 150 valence electrons. The van der Waals surface area contributed by atoms with E-state index in [9.17, 15) is 18.4 Å². The maximum atomic E-state index is 13.6. The second kappa shape index (κ2) is 9.46. The molecule has 2 saturated heterocycles. The highest BCUT2D eigenvalue weighted by Gasteiger charge is 2.34. The highest BCUT2D eigenvalue weighted by Crippen LogP contribution is 2.33. The van der Waals surface area contributed by atoms with Gasteiger partial charge in [0.15, 0.2) is 0 Å². The highest BCUT2D eigenvalue weighted by molar-refractivity contribution is 5.94. The number of nitrogens with zero attached hydrogens (tertiary/aromatic N) is 1. The molecule has 2 heterocycles. The molecule has 2 aliphatic heterocycles. The number of carbonyl (C=O) groups is 2. The molecule has 2 fully saturated rings. The molecule has 1 aromatic carbocycles. The quantitative estimate of drug-likeness (QED) is 0.770. The van der Waals surface area contributed by atoms with Gasteiger partial charge in [0, 0.05) is 25.0 Å². The van der Waals surface area contributed by atoms with Crippen molar-refractivity contribution in [3.8, 4) is 0 Å². The van der Waals surface area contributed by atoms with Crippen LogP contribution >= 0.6 is 12.4 Å². The Morgan fingerprint density at radius 3 is 2.33 bits per heavy atom. The first-order valence-electron chi connectivity index (χ1n) is 9.24. The molecule has 3 rings (SSSR count). The number of para-hydroxylation sites is 1. The van der Waals surface area contributed by atoms with E-state index in [-0.39, 0.29) is 24.9 Å². The van der Waals surface area contributed by atoms with Crippen molar-refractivity contribution in [1.82, 2.24) is 10.2 Å². The van der Waals surface area contributed by atoms with Crippen LogP contribution in [0.5, 0.6) is 0 Å². The van der Waals surface area contributed by atoms with Crippen LogP contribution < -0.4 is 10.6 Å². The van der Waals surface area contributed by atoms with Crippen molar-refractivity contribution >= 4 is 29.9 Å². The summed E-state index contributed by atoms with van der Waals surface area (Å²) in [5, 5.41) is 5.78. The molecular weight excluding hydrogens is 376 g/mol. The molecule has 1 aromatic rings. The van der Waals surface area contributed by atoms with Gasteiger partial charge in [-0.25, -0.2) is 8.78 Å². The zero-order chi connectivity index (χ0) is 18.7. The van der Waals surface area contributed by atoms with Crippen molar-refractivity contribution in [2.24, 2.45) is 5.92 Å². The molecule has 2 unspecified atom stereocenters. The van der Waals surface area contributed by atoms with Crippen molar-refractivity contribution in [2.45, 2.75) is 51.1 Å². The third-order valence-electron chi connectivity index (χ3n) is 5.33. The topological polar surface area (TPSA) is 61.4 Å². The first-order valence-corrected chi connectivity index (χ1v) is 9.24. The number of hydrogen-bond donors (Lipinski definition) is 2. The van der Waals surface area contributed by atoms with Gasteiger partial charge in [-0.3, -0.25) is 9.59 Å². The number of anilines is 1. The Kier molecular flexibility index (Phi) is 7.56. The minimum Gasteiger partial charge on any atom is -0.334 e. The fourth-order valence-corrected chi connectivity index (χ4v) is 4.06. The smallest absolute Gasteiger partial charge is 0.244 e. The number of amides is 2. The summed E-state index contributed by atoms with van der Waals surface area (Å²) < 4.78 is 27.3. The summed E-state index contributed by atoms with van der Waals surface area (Å²) in [4.78, 5) is 26.2. The van der Waals surface area contributed by atoms with Gasteiger partial charge in [-0.05, 0) is 50.7 Å². The Hall–Kier alpha value is -1.73. The first kappa shape index (κ1) is 21.6. The first-order chi connectivity index (χ1) is 12.5. The summed E-state index contributed by atoms with van der Waals surface area (Å²) in [6, 6.07) is 4.40. The van der Waals surface area contributed by atoms with Crippen LogP contribution in [0.4, 0.5) is 14.5 Å². The fraction of sp³-hybridized carbons (Fsp3) is 0.579. The SMILES string of the molecule is CCN(CC(=O)Nc1c(F)cccc1F)C(=O)CC1CC2CCC(C1)N2.Cl. The standard InChI is InChI=1S/C19H25F2N3O2.ClH/c1-2-24(11-17(25)23-19-15(20)4-3-5-16(19)21)18(26)10-12-8-13-6-7-14(9-12)22-13;/h3-5,12-14,22H,2,6-11H2,1H3,(H,23,25);1H. The molecule has 0 aromatic heterocycles.